The highest BCUT2D eigenvalue weighted by molar-refractivity contribution is 7.89. The molecule has 0 spiro atoms. The number of hydrogen-bond acceptors (Lipinski definition) is 5. The van der Waals surface area contributed by atoms with Gasteiger partial charge < -0.3 is 9.84 Å². The van der Waals surface area contributed by atoms with Gasteiger partial charge in [-0.15, -0.1) is 0 Å². The maximum atomic E-state index is 13.7. The average Bonchev–Trinajstić information content (AvgIpc) is 2.44. The summed E-state index contributed by atoms with van der Waals surface area (Å²) in [5, 5.41) is 8.70. The highest BCUT2D eigenvalue weighted by Gasteiger charge is 2.28. The lowest BCUT2D eigenvalue weighted by molar-refractivity contribution is -0.137. The van der Waals surface area contributed by atoms with E-state index in [0.717, 1.165) is 18.2 Å². The molecule has 2 N–H and O–H groups in total. The highest BCUT2D eigenvalue weighted by Crippen LogP contribution is 2.20. The van der Waals surface area contributed by atoms with Crippen molar-refractivity contribution in [1.82, 2.24) is 4.72 Å². The van der Waals surface area contributed by atoms with Gasteiger partial charge in [-0.1, -0.05) is 0 Å². The molecule has 9 heteroatoms. The van der Waals surface area contributed by atoms with E-state index >= 15 is 0 Å². The third kappa shape index (κ3) is 5.89. The standard InChI is InChI=1S/C15H20FNO6S/c1-4-23-14(20)10-7-11(16)9-12(8-10)24(21,22)17-15(2,3)6-5-13(18)19/h7-9,17H,4-6H2,1-3H3,(H,18,19). The molecule has 134 valence electrons. The third-order valence-electron chi connectivity index (χ3n) is 3.07. The normalized spacial score (nSPS) is 12.0. The number of rotatable bonds is 8. The molecule has 0 fully saturated rings. The monoisotopic (exact) mass is 361 g/mol. The number of esters is 1. The minimum Gasteiger partial charge on any atom is -0.481 e. The fourth-order valence-electron chi connectivity index (χ4n) is 1.94. The SMILES string of the molecule is CCOC(=O)c1cc(F)cc(S(=O)(=O)NC(C)(C)CCC(=O)O)c1. The number of carboxylic acids is 1. The van der Waals surface area contributed by atoms with Crippen molar-refractivity contribution in [3.05, 3.63) is 29.6 Å². The molecule has 0 heterocycles. The van der Waals surface area contributed by atoms with Crippen LogP contribution in [0.15, 0.2) is 23.1 Å². The second kappa shape index (κ2) is 7.71. The minimum absolute atomic E-state index is 0.0433. The van der Waals surface area contributed by atoms with Gasteiger partial charge >= 0.3 is 11.9 Å². The molecule has 1 aromatic carbocycles. The summed E-state index contributed by atoms with van der Waals surface area (Å²) in [6, 6.07) is 2.67. The zero-order chi connectivity index (χ0) is 18.5. The van der Waals surface area contributed by atoms with Crippen molar-refractivity contribution in [3.8, 4) is 0 Å². The van der Waals surface area contributed by atoms with E-state index in [2.05, 4.69) is 4.72 Å². The number of hydrogen-bond donors (Lipinski definition) is 2. The van der Waals surface area contributed by atoms with Crippen molar-refractivity contribution in [2.45, 2.75) is 44.0 Å². The van der Waals surface area contributed by atoms with Crippen molar-refractivity contribution in [2.75, 3.05) is 6.61 Å². The molecule has 0 saturated heterocycles. The van der Waals surface area contributed by atoms with E-state index in [4.69, 9.17) is 9.84 Å². The summed E-state index contributed by atoms with van der Waals surface area (Å²) in [5.41, 5.74) is -1.28. The Labute approximate surface area is 139 Å². The topological polar surface area (TPSA) is 110 Å². The summed E-state index contributed by atoms with van der Waals surface area (Å²) in [4.78, 5) is 21.9. The van der Waals surface area contributed by atoms with Crippen LogP contribution in [0.4, 0.5) is 4.39 Å². The molecule has 0 unspecified atom stereocenters. The van der Waals surface area contributed by atoms with Crippen LogP contribution in [-0.2, 0) is 19.6 Å². The number of nitrogens with one attached hydrogen (secondary N) is 1. The largest absolute Gasteiger partial charge is 0.481 e. The molecule has 0 aromatic heterocycles. The van der Waals surface area contributed by atoms with Gasteiger partial charge in [-0.25, -0.2) is 22.3 Å². The Morgan fingerprint density at radius 2 is 1.92 bits per heavy atom. The average molecular weight is 361 g/mol. The molecule has 1 rings (SSSR count). The number of carbonyl (C=O) groups excluding carboxylic acids is 1. The Morgan fingerprint density at radius 3 is 2.46 bits per heavy atom. The second-order valence-corrected chi connectivity index (χ2v) is 7.46. The summed E-state index contributed by atoms with van der Waals surface area (Å²) in [6.45, 7) is 4.66. The number of sulfonamides is 1. The predicted octanol–water partition coefficient (Wildman–Crippen LogP) is 1.92. The molecule has 0 atom stereocenters. The summed E-state index contributed by atoms with van der Waals surface area (Å²) in [5.74, 6) is -2.79. The van der Waals surface area contributed by atoms with Crippen LogP contribution in [0.25, 0.3) is 0 Å². The van der Waals surface area contributed by atoms with E-state index in [-0.39, 0.29) is 25.0 Å². The first-order valence-corrected chi connectivity index (χ1v) is 8.68. The van der Waals surface area contributed by atoms with Gasteiger partial charge in [-0.3, -0.25) is 4.79 Å². The fourth-order valence-corrected chi connectivity index (χ4v) is 3.44. The molecular weight excluding hydrogens is 341 g/mol. The van der Waals surface area contributed by atoms with Crippen LogP contribution >= 0.6 is 0 Å². The van der Waals surface area contributed by atoms with Crippen LogP contribution in [0.3, 0.4) is 0 Å². The lowest BCUT2D eigenvalue weighted by atomic mass is 10.0. The summed E-state index contributed by atoms with van der Waals surface area (Å²) >= 11 is 0. The minimum atomic E-state index is -4.15. The van der Waals surface area contributed by atoms with Gasteiger partial charge in [0.25, 0.3) is 0 Å². The van der Waals surface area contributed by atoms with Crippen molar-refractivity contribution >= 4 is 22.0 Å². The predicted molar refractivity (Wildman–Crippen MR) is 83.6 cm³/mol. The maximum Gasteiger partial charge on any atom is 0.338 e. The summed E-state index contributed by atoms with van der Waals surface area (Å²) in [7, 11) is -4.15. The van der Waals surface area contributed by atoms with Crippen molar-refractivity contribution in [1.29, 1.82) is 0 Å². The molecule has 0 aliphatic rings. The quantitative estimate of drug-likeness (QED) is 0.685. The molecule has 24 heavy (non-hydrogen) atoms. The number of carbonyl (C=O) groups is 2. The van der Waals surface area contributed by atoms with Gasteiger partial charge in [-0.05, 0) is 45.4 Å². The van der Waals surface area contributed by atoms with Crippen LogP contribution in [0, 0.1) is 5.82 Å². The molecule has 0 saturated carbocycles. The van der Waals surface area contributed by atoms with Gasteiger partial charge in [0.1, 0.15) is 5.82 Å². The van der Waals surface area contributed by atoms with E-state index in [9.17, 15) is 22.4 Å². The Kier molecular flexibility index (Phi) is 6.44. The van der Waals surface area contributed by atoms with Crippen molar-refractivity contribution in [3.63, 3.8) is 0 Å². The van der Waals surface area contributed by atoms with Crippen LogP contribution in [0.1, 0.15) is 44.0 Å². The fraction of sp³-hybridized carbons (Fsp3) is 0.467. The smallest absolute Gasteiger partial charge is 0.338 e. The summed E-state index contributed by atoms with van der Waals surface area (Å²) in [6.07, 6.45) is -0.186. The Hall–Kier alpha value is -2.00. The Balaban J connectivity index is 3.10. The van der Waals surface area contributed by atoms with Crippen LogP contribution < -0.4 is 4.72 Å². The third-order valence-corrected chi connectivity index (χ3v) is 4.74. The first kappa shape index (κ1) is 20.0. The molecule has 0 bridgehead atoms. The number of carboxylic acid groups (broad SMARTS) is 1. The Morgan fingerprint density at radius 1 is 1.29 bits per heavy atom. The lowest BCUT2D eigenvalue weighted by Crippen LogP contribution is -2.43. The first-order valence-electron chi connectivity index (χ1n) is 7.20. The molecule has 0 amide bonds. The van der Waals surface area contributed by atoms with Gasteiger partial charge in [0.2, 0.25) is 10.0 Å². The lowest BCUT2D eigenvalue weighted by Gasteiger charge is -2.25. The molecule has 0 aliphatic carbocycles. The number of ether oxygens (including phenoxy) is 1. The first-order chi connectivity index (χ1) is 11.0. The van der Waals surface area contributed by atoms with E-state index in [1.54, 1.807) is 6.92 Å². The molecule has 0 radical (unpaired) electrons. The van der Waals surface area contributed by atoms with E-state index in [0.29, 0.717) is 0 Å². The molecule has 7 nitrogen and oxygen atoms in total. The molecular formula is C15H20FNO6S. The highest BCUT2D eigenvalue weighted by atomic mass is 32.2. The Bertz CT molecular complexity index is 729. The maximum absolute atomic E-state index is 13.7. The van der Waals surface area contributed by atoms with Crippen molar-refractivity contribution < 1.29 is 32.2 Å². The van der Waals surface area contributed by atoms with Gasteiger partial charge in [0.05, 0.1) is 17.1 Å². The summed E-state index contributed by atoms with van der Waals surface area (Å²) < 4.78 is 45.5. The van der Waals surface area contributed by atoms with Crippen LogP contribution in [-0.4, -0.2) is 37.6 Å². The van der Waals surface area contributed by atoms with E-state index in [1.165, 1.54) is 13.8 Å². The van der Waals surface area contributed by atoms with E-state index in [1.807, 2.05) is 0 Å². The van der Waals surface area contributed by atoms with Gasteiger partial charge in [0.15, 0.2) is 0 Å². The zero-order valence-electron chi connectivity index (χ0n) is 13.6. The second-order valence-electron chi connectivity index (χ2n) is 5.78. The number of halogens is 1. The van der Waals surface area contributed by atoms with E-state index < -0.39 is 38.2 Å². The molecule has 0 aliphatic heterocycles. The number of benzene rings is 1. The van der Waals surface area contributed by atoms with Crippen LogP contribution in [0.2, 0.25) is 0 Å². The van der Waals surface area contributed by atoms with Crippen molar-refractivity contribution in [2.24, 2.45) is 0 Å². The van der Waals surface area contributed by atoms with Gasteiger partial charge in [0, 0.05) is 12.0 Å². The van der Waals surface area contributed by atoms with Crippen LogP contribution in [0.5, 0.6) is 0 Å². The number of aliphatic carboxylic acids is 1. The molecule has 1 aromatic rings. The zero-order valence-corrected chi connectivity index (χ0v) is 14.4. The van der Waals surface area contributed by atoms with Gasteiger partial charge in [-0.2, -0.15) is 0 Å².